The third kappa shape index (κ3) is 4.28. The van der Waals surface area contributed by atoms with Gasteiger partial charge in [-0.3, -0.25) is 0 Å². The largest absolute Gasteiger partial charge is 0.396 e. The third-order valence-corrected chi connectivity index (χ3v) is 2.25. The number of hydrogen-bond acceptors (Lipinski definition) is 2. The fraction of sp³-hybridized carbons (Fsp3) is 0.385. The van der Waals surface area contributed by atoms with Crippen LogP contribution in [-0.4, -0.2) is 23.4 Å². The second kappa shape index (κ2) is 7.21. The molecule has 15 heavy (non-hydrogen) atoms. The Labute approximate surface area is 90.9 Å². The van der Waals surface area contributed by atoms with Crippen molar-refractivity contribution in [2.24, 2.45) is 0 Å². The van der Waals surface area contributed by atoms with Crippen LogP contribution >= 0.6 is 0 Å². The molecule has 2 nitrogen and oxygen atoms in total. The van der Waals surface area contributed by atoms with E-state index in [0.717, 1.165) is 12.8 Å². The summed E-state index contributed by atoms with van der Waals surface area (Å²) < 4.78 is 0. The monoisotopic (exact) mass is 206 g/mol. The molecule has 2 heteroatoms. The highest BCUT2D eigenvalue weighted by atomic mass is 16.3. The van der Waals surface area contributed by atoms with Crippen LogP contribution in [0.5, 0.6) is 0 Å². The molecular weight excluding hydrogens is 188 g/mol. The summed E-state index contributed by atoms with van der Waals surface area (Å²) in [4.78, 5) is 0. The predicted molar refractivity (Wildman–Crippen MR) is 62.6 cm³/mol. The number of aliphatic hydroxyl groups excluding tert-OH is 2. The van der Waals surface area contributed by atoms with Gasteiger partial charge in [0.15, 0.2) is 0 Å². The lowest BCUT2D eigenvalue weighted by atomic mass is 10.0. The Kier molecular flexibility index (Phi) is 5.74. The van der Waals surface area contributed by atoms with Crippen molar-refractivity contribution in [2.45, 2.75) is 19.3 Å². The molecule has 1 aromatic rings. The lowest BCUT2D eigenvalue weighted by molar-refractivity contribution is 0.288. The molecule has 0 aliphatic heterocycles. The average Bonchev–Trinajstić information content (AvgIpc) is 2.28. The van der Waals surface area contributed by atoms with E-state index in [9.17, 15) is 0 Å². The molecule has 0 unspecified atom stereocenters. The summed E-state index contributed by atoms with van der Waals surface area (Å²) in [7, 11) is 0. The Balaban J connectivity index is 2.67. The molecule has 0 radical (unpaired) electrons. The summed E-state index contributed by atoms with van der Waals surface area (Å²) in [6, 6.07) is 8.14. The molecule has 0 heterocycles. The van der Waals surface area contributed by atoms with E-state index in [2.05, 4.69) is 12.1 Å². The molecule has 0 aliphatic rings. The molecule has 0 atom stereocenters. The van der Waals surface area contributed by atoms with E-state index in [1.54, 1.807) is 0 Å². The predicted octanol–water partition coefficient (Wildman–Crippen LogP) is 2.01. The molecule has 0 bridgehead atoms. The quantitative estimate of drug-likeness (QED) is 0.747. The second-order valence-electron chi connectivity index (χ2n) is 3.44. The van der Waals surface area contributed by atoms with Crippen molar-refractivity contribution in [3.05, 3.63) is 41.5 Å². The Hall–Kier alpha value is -1.12. The van der Waals surface area contributed by atoms with Crippen LogP contribution in [0.3, 0.4) is 0 Å². The Morgan fingerprint density at radius 2 is 1.87 bits per heavy atom. The summed E-state index contributed by atoms with van der Waals surface area (Å²) in [5, 5.41) is 17.5. The third-order valence-electron chi connectivity index (χ3n) is 2.25. The number of aliphatic hydroxyl groups is 2. The zero-order valence-corrected chi connectivity index (χ0v) is 8.89. The molecule has 2 N–H and O–H groups in total. The minimum atomic E-state index is 0.190. The number of rotatable bonds is 6. The highest BCUT2D eigenvalue weighted by molar-refractivity contribution is 5.53. The Morgan fingerprint density at radius 1 is 1.07 bits per heavy atom. The van der Waals surface area contributed by atoms with E-state index in [1.807, 2.05) is 24.3 Å². The summed E-state index contributed by atoms with van der Waals surface area (Å²) >= 11 is 0. The minimum absolute atomic E-state index is 0.190. The normalized spacial score (nSPS) is 11.1. The van der Waals surface area contributed by atoms with Crippen molar-refractivity contribution in [1.82, 2.24) is 0 Å². The number of aryl methyl sites for hydroxylation is 1. The highest BCUT2D eigenvalue weighted by Gasteiger charge is 1.97. The van der Waals surface area contributed by atoms with Gasteiger partial charge in [-0.15, -0.1) is 0 Å². The number of benzene rings is 1. The molecule has 0 spiro atoms. The fourth-order valence-electron chi connectivity index (χ4n) is 1.48. The van der Waals surface area contributed by atoms with E-state index < -0.39 is 0 Å². The van der Waals surface area contributed by atoms with E-state index >= 15 is 0 Å². The summed E-state index contributed by atoms with van der Waals surface area (Å²) in [6.45, 7) is 0.421. The van der Waals surface area contributed by atoms with Gasteiger partial charge in [-0.05, 0) is 30.4 Å². The van der Waals surface area contributed by atoms with Gasteiger partial charge >= 0.3 is 0 Å². The summed E-state index contributed by atoms with van der Waals surface area (Å²) in [6.07, 6.45) is 6.38. The molecule has 0 saturated carbocycles. The van der Waals surface area contributed by atoms with Crippen LogP contribution < -0.4 is 0 Å². The average molecular weight is 206 g/mol. The van der Waals surface area contributed by atoms with Gasteiger partial charge in [-0.25, -0.2) is 0 Å². The molecule has 0 fully saturated rings. The first-order chi connectivity index (χ1) is 7.38. The lowest BCUT2D eigenvalue weighted by Crippen LogP contribution is -1.92. The van der Waals surface area contributed by atoms with Gasteiger partial charge in [0, 0.05) is 13.2 Å². The molecule has 0 saturated heterocycles. The van der Waals surface area contributed by atoms with Crippen molar-refractivity contribution >= 4 is 6.08 Å². The smallest absolute Gasteiger partial charge is 0.0465 e. The van der Waals surface area contributed by atoms with Crippen LogP contribution in [-0.2, 0) is 6.42 Å². The van der Waals surface area contributed by atoms with Crippen LogP contribution in [0.4, 0.5) is 0 Å². The van der Waals surface area contributed by atoms with Gasteiger partial charge in [0.1, 0.15) is 0 Å². The maximum Gasteiger partial charge on any atom is 0.0465 e. The van der Waals surface area contributed by atoms with Crippen molar-refractivity contribution < 1.29 is 10.2 Å². The van der Waals surface area contributed by atoms with Gasteiger partial charge in [-0.2, -0.15) is 0 Å². The summed E-state index contributed by atoms with van der Waals surface area (Å²) in [5.74, 6) is 0. The minimum Gasteiger partial charge on any atom is -0.396 e. The highest BCUT2D eigenvalue weighted by Crippen LogP contribution is 2.13. The van der Waals surface area contributed by atoms with Gasteiger partial charge in [0.2, 0.25) is 0 Å². The maximum atomic E-state index is 8.78. The topological polar surface area (TPSA) is 40.5 Å². The molecule has 82 valence electrons. The van der Waals surface area contributed by atoms with E-state index in [1.165, 1.54) is 11.1 Å². The maximum absolute atomic E-state index is 8.78. The Morgan fingerprint density at radius 3 is 2.60 bits per heavy atom. The standard InChI is InChI=1S/C13H18O2/c14-10-4-3-8-12-6-1-2-7-13(12)9-5-11-15/h1-3,6-8,14-15H,4-5,9-11H2. The fourth-order valence-corrected chi connectivity index (χ4v) is 1.48. The molecule has 0 aromatic heterocycles. The van der Waals surface area contributed by atoms with Crippen molar-refractivity contribution in [3.8, 4) is 0 Å². The van der Waals surface area contributed by atoms with Crippen LogP contribution in [0.1, 0.15) is 24.0 Å². The first kappa shape index (κ1) is 12.0. The zero-order valence-electron chi connectivity index (χ0n) is 8.89. The molecular formula is C13H18O2. The molecule has 0 amide bonds. The first-order valence-corrected chi connectivity index (χ1v) is 5.34. The van der Waals surface area contributed by atoms with E-state index in [0.29, 0.717) is 6.42 Å². The lowest BCUT2D eigenvalue weighted by Gasteiger charge is -2.04. The molecule has 1 rings (SSSR count). The van der Waals surface area contributed by atoms with E-state index in [-0.39, 0.29) is 13.2 Å². The zero-order chi connectivity index (χ0) is 10.9. The SMILES string of the molecule is OCCC=Cc1ccccc1CCCO. The van der Waals surface area contributed by atoms with E-state index in [4.69, 9.17) is 10.2 Å². The summed E-state index contributed by atoms with van der Waals surface area (Å²) in [5.41, 5.74) is 2.43. The second-order valence-corrected chi connectivity index (χ2v) is 3.44. The Bertz CT molecular complexity index is 305. The van der Waals surface area contributed by atoms with Gasteiger partial charge in [-0.1, -0.05) is 36.4 Å². The van der Waals surface area contributed by atoms with Crippen molar-refractivity contribution in [2.75, 3.05) is 13.2 Å². The van der Waals surface area contributed by atoms with Crippen LogP contribution in [0.2, 0.25) is 0 Å². The first-order valence-electron chi connectivity index (χ1n) is 5.34. The van der Waals surface area contributed by atoms with Crippen LogP contribution in [0.15, 0.2) is 30.3 Å². The molecule has 1 aromatic carbocycles. The van der Waals surface area contributed by atoms with Crippen molar-refractivity contribution in [3.63, 3.8) is 0 Å². The van der Waals surface area contributed by atoms with Crippen molar-refractivity contribution in [1.29, 1.82) is 0 Å². The number of hydrogen-bond donors (Lipinski definition) is 2. The molecule has 0 aliphatic carbocycles. The van der Waals surface area contributed by atoms with Gasteiger partial charge in [0.05, 0.1) is 0 Å². The van der Waals surface area contributed by atoms with Crippen LogP contribution in [0.25, 0.3) is 6.08 Å². The van der Waals surface area contributed by atoms with Gasteiger partial charge < -0.3 is 10.2 Å². The van der Waals surface area contributed by atoms with Crippen LogP contribution in [0, 0.1) is 0 Å². The van der Waals surface area contributed by atoms with Gasteiger partial charge in [0.25, 0.3) is 0 Å².